The minimum absolute atomic E-state index is 0.00481. The zero-order valence-electron chi connectivity index (χ0n) is 21.3. The minimum Gasteiger partial charge on any atom is -0.342 e. The molecule has 3 aromatic rings. The van der Waals surface area contributed by atoms with Crippen LogP contribution in [0.2, 0.25) is 0 Å². The number of nitrogens with zero attached hydrogens (tertiary/aromatic N) is 6. The number of carbonyl (C=O) groups excluding carboxylic acids is 1. The Morgan fingerprint density at radius 1 is 1.19 bits per heavy atom. The van der Waals surface area contributed by atoms with E-state index in [1.807, 2.05) is 26.8 Å². The molecule has 12 heteroatoms. The number of piperidine rings is 1. The number of imidazole rings is 1. The molecule has 37 heavy (non-hydrogen) atoms. The molecule has 0 atom stereocenters. The van der Waals surface area contributed by atoms with Crippen molar-refractivity contribution in [3.05, 3.63) is 58.7 Å². The first kappa shape index (κ1) is 26.7. The van der Waals surface area contributed by atoms with Gasteiger partial charge in [-0.15, -0.1) is 0 Å². The molecule has 0 bridgehead atoms. The van der Waals surface area contributed by atoms with E-state index >= 15 is 0 Å². The molecule has 2 aromatic heterocycles. The number of likely N-dealkylation sites (tertiary alicyclic amines) is 1. The molecule has 1 aliphatic heterocycles. The first-order valence-electron chi connectivity index (χ1n) is 12.4. The molecule has 0 unspecified atom stereocenters. The lowest BCUT2D eigenvalue weighted by Gasteiger charge is -2.34. The normalized spacial score (nSPS) is 15.1. The van der Waals surface area contributed by atoms with Gasteiger partial charge in [0.2, 0.25) is 15.9 Å². The molecule has 1 saturated heterocycles. The van der Waals surface area contributed by atoms with Gasteiger partial charge in [-0.1, -0.05) is 13.8 Å². The average Bonchev–Trinajstić information content (AvgIpc) is 3.18. The molecule has 1 aromatic carbocycles. The van der Waals surface area contributed by atoms with Crippen LogP contribution in [0.5, 0.6) is 0 Å². The predicted molar refractivity (Wildman–Crippen MR) is 138 cm³/mol. The SMILES string of the molecule is Cc1nc2cnccc2n1CC1CCN(C(=O)CN(CC(C)C)S(=O)(=O)c2ccc([N+](=O)[O-])cc2)CC1. The van der Waals surface area contributed by atoms with Crippen LogP contribution in [0.15, 0.2) is 47.6 Å². The van der Waals surface area contributed by atoms with Crippen LogP contribution in [-0.4, -0.2) is 69.2 Å². The quantitative estimate of drug-likeness (QED) is 0.308. The number of hydrogen-bond acceptors (Lipinski definition) is 7. The van der Waals surface area contributed by atoms with E-state index < -0.39 is 14.9 Å². The third kappa shape index (κ3) is 5.96. The van der Waals surface area contributed by atoms with E-state index in [-0.39, 0.29) is 35.5 Å². The fraction of sp³-hybridized carbons (Fsp3) is 0.480. The first-order chi connectivity index (χ1) is 17.6. The molecule has 1 amide bonds. The number of aromatic nitrogens is 3. The van der Waals surface area contributed by atoms with Gasteiger partial charge in [0.05, 0.1) is 28.1 Å². The Bertz CT molecular complexity index is 1380. The number of non-ortho nitro benzene ring substituents is 1. The summed E-state index contributed by atoms with van der Waals surface area (Å²) < 4.78 is 30.0. The Morgan fingerprint density at radius 3 is 2.49 bits per heavy atom. The van der Waals surface area contributed by atoms with Crippen molar-refractivity contribution in [1.82, 2.24) is 23.7 Å². The average molecular weight is 529 g/mol. The molecule has 1 aliphatic rings. The fourth-order valence-electron chi connectivity index (χ4n) is 4.75. The summed E-state index contributed by atoms with van der Waals surface area (Å²) in [6, 6.07) is 6.72. The maximum Gasteiger partial charge on any atom is 0.269 e. The summed E-state index contributed by atoms with van der Waals surface area (Å²) in [6.45, 7) is 7.57. The van der Waals surface area contributed by atoms with Crippen molar-refractivity contribution in [2.75, 3.05) is 26.2 Å². The Morgan fingerprint density at radius 2 is 1.86 bits per heavy atom. The lowest BCUT2D eigenvalue weighted by atomic mass is 9.96. The van der Waals surface area contributed by atoms with Gasteiger partial charge in [0.1, 0.15) is 11.3 Å². The van der Waals surface area contributed by atoms with Crippen molar-refractivity contribution < 1.29 is 18.1 Å². The van der Waals surface area contributed by atoms with Gasteiger partial charge in [-0.2, -0.15) is 4.31 Å². The van der Waals surface area contributed by atoms with Gasteiger partial charge < -0.3 is 9.47 Å². The summed E-state index contributed by atoms with van der Waals surface area (Å²) in [4.78, 5) is 33.9. The van der Waals surface area contributed by atoms with Crippen molar-refractivity contribution in [2.24, 2.45) is 11.8 Å². The van der Waals surface area contributed by atoms with Gasteiger partial charge >= 0.3 is 0 Å². The monoisotopic (exact) mass is 528 g/mol. The number of nitro groups is 1. The third-order valence-electron chi connectivity index (χ3n) is 6.72. The molecular formula is C25H32N6O5S. The van der Waals surface area contributed by atoms with Crippen LogP contribution in [0.1, 0.15) is 32.5 Å². The maximum absolute atomic E-state index is 13.3. The van der Waals surface area contributed by atoms with Crippen molar-refractivity contribution in [3.63, 3.8) is 0 Å². The Labute approximate surface area is 216 Å². The zero-order valence-corrected chi connectivity index (χ0v) is 22.1. The van der Waals surface area contributed by atoms with Crippen molar-refractivity contribution in [2.45, 2.75) is 45.1 Å². The lowest BCUT2D eigenvalue weighted by molar-refractivity contribution is -0.384. The standard InChI is InChI=1S/C25H32N6O5S/c1-18(2)15-29(37(35,36)22-6-4-21(5-7-22)31(33)34)17-25(32)28-12-9-20(10-13-28)16-30-19(3)27-23-14-26-11-8-24(23)30/h4-8,11,14,18,20H,9-10,12-13,15-17H2,1-3H3. The summed E-state index contributed by atoms with van der Waals surface area (Å²) in [7, 11) is -4.00. The molecular weight excluding hydrogens is 496 g/mol. The zero-order chi connectivity index (χ0) is 26.7. The molecule has 198 valence electrons. The van der Waals surface area contributed by atoms with E-state index in [2.05, 4.69) is 14.5 Å². The van der Waals surface area contributed by atoms with Crippen LogP contribution in [0.25, 0.3) is 11.0 Å². The van der Waals surface area contributed by atoms with E-state index in [1.54, 1.807) is 17.3 Å². The number of benzene rings is 1. The number of amides is 1. The Kier molecular flexibility index (Phi) is 7.88. The minimum atomic E-state index is -4.00. The number of nitro benzene ring substituents is 1. The summed E-state index contributed by atoms with van der Waals surface area (Å²) in [6.07, 6.45) is 5.15. The van der Waals surface area contributed by atoms with E-state index in [0.29, 0.717) is 19.0 Å². The van der Waals surface area contributed by atoms with E-state index in [0.717, 1.165) is 48.4 Å². The van der Waals surface area contributed by atoms with Crippen LogP contribution < -0.4 is 0 Å². The molecule has 0 spiro atoms. The van der Waals surface area contributed by atoms with Gasteiger partial charge in [0.15, 0.2) is 0 Å². The van der Waals surface area contributed by atoms with Gasteiger partial charge in [-0.25, -0.2) is 13.4 Å². The fourth-order valence-corrected chi connectivity index (χ4v) is 6.30. The topological polar surface area (TPSA) is 132 Å². The highest BCUT2D eigenvalue weighted by molar-refractivity contribution is 7.89. The number of pyridine rings is 1. The van der Waals surface area contributed by atoms with Gasteiger partial charge in [-0.3, -0.25) is 19.9 Å². The van der Waals surface area contributed by atoms with Crippen molar-refractivity contribution >= 4 is 32.7 Å². The molecule has 0 radical (unpaired) electrons. The largest absolute Gasteiger partial charge is 0.342 e. The molecule has 0 aliphatic carbocycles. The second-order valence-corrected chi connectivity index (χ2v) is 11.8. The van der Waals surface area contributed by atoms with Crippen LogP contribution in [0.4, 0.5) is 5.69 Å². The number of rotatable bonds is 9. The van der Waals surface area contributed by atoms with Gasteiger partial charge in [0.25, 0.3) is 5.69 Å². The molecule has 1 fully saturated rings. The van der Waals surface area contributed by atoms with Gasteiger partial charge in [-0.05, 0) is 49.8 Å². The molecule has 4 rings (SSSR count). The summed E-state index contributed by atoms with van der Waals surface area (Å²) in [5.74, 6) is 1.07. The number of hydrogen-bond donors (Lipinski definition) is 0. The highest BCUT2D eigenvalue weighted by atomic mass is 32.2. The maximum atomic E-state index is 13.3. The molecule has 0 saturated carbocycles. The van der Waals surface area contributed by atoms with E-state index in [9.17, 15) is 23.3 Å². The van der Waals surface area contributed by atoms with Crippen LogP contribution in [0, 0.1) is 28.9 Å². The molecule has 3 heterocycles. The Balaban J connectivity index is 1.41. The second-order valence-electron chi connectivity index (χ2n) is 9.90. The number of fused-ring (bicyclic) bond motifs is 1. The lowest BCUT2D eigenvalue weighted by Crippen LogP contribution is -2.47. The van der Waals surface area contributed by atoms with Crippen LogP contribution in [0.3, 0.4) is 0 Å². The highest BCUT2D eigenvalue weighted by Crippen LogP contribution is 2.25. The Hall–Kier alpha value is -3.38. The molecule has 11 nitrogen and oxygen atoms in total. The number of aryl methyl sites for hydroxylation is 1. The third-order valence-corrected chi connectivity index (χ3v) is 8.54. The summed E-state index contributed by atoms with van der Waals surface area (Å²) in [5, 5.41) is 10.9. The van der Waals surface area contributed by atoms with E-state index in [1.165, 1.54) is 16.4 Å². The van der Waals surface area contributed by atoms with Gasteiger partial charge in [0, 0.05) is 44.5 Å². The van der Waals surface area contributed by atoms with Crippen LogP contribution >= 0.6 is 0 Å². The number of sulfonamides is 1. The molecule has 0 N–H and O–H groups in total. The number of carbonyl (C=O) groups is 1. The van der Waals surface area contributed by atoms with Crippen molar-refractivity contribution in [1.29, 1.82) is 0 Å². The predicted octanol–water partition coefficient (Wildman–Crippen LogP) is 3.23. The van der Waals surface area contributed by atoms with E-state index in [4.69, 9.17) is 0 Å². The highest BCUT2D eigenvalue weighted by Gasteiger charge is 2.31. The summed E-state index contributed by atoms with van der Waals surface area (Å²) >= 11 is 0. The van der Waals surface area contributed by atoms with Crippen LogP contribution in [-0.2, 0) is 21.4 Å². The first-order valence-corrected chi connectivity index (χ1v) is 13.8. The second kappa shape index (κ2) is 10.9. The smallest absolute Gasteiger partial charge is 0.269 e. The van der Waals surface area contributed by atoms with Crippen molar-refractivity contribution in [3.8, 4) is 0 Å². The summed E-state index contributed by atoms with van der Waals surface area (Å²) in [5.41, 5.74) is 1.72.